The number of nitrogens with zero attached hydrogens (tertiary/aromatic N) is 6. The maximum absolute atomic E-state index is 15.4. The molecule has 2 unspecified atom stereocenters. The highest BCUT2D eigenvalue weighted by molar-refractivity contribution is 5.76. The maximum atomic E-state index is 15.4. The van der Waals surface area contributed by atoms with Gasteiger partial charge in [0.2, 0.25) is 5.95 Å². The number of halogens is 2. The van der Waals surface area contributed by atoms with Crippen LogP contribution in [-0.4, -0.2) is 72.3 Å². The summed E-state index contributed by atoms with van der Waals surface area (Å²) in [5, 5.41) is 10.7. The van der Waals surface area contributed by atoms with Crippen molar-refractivity contribution in [2.45, 2.75) is 134 Å². The van der Waals surface area contributed by atoms with Crippen LogP contribution in [0.1, 0.15) is 127 Å². The molecule has 1 spiro atoms. The van der Waals surface area contributed by atoms with Crippen LogP contribution in [0, 0.1) is 23.0 Å². The fourth-order valence-corrected chi connectivity index (χ4v) is 12.7. The molecule has 3 aromatic rings. The van der Waals surface area contributed by atoms with E-state index >= 15 is 8.78 Å². The van der Waals surface area contributed by atoms with Crippen LogP contribution in [0.15, 0.2) is 79.9 Å². The van der Waals surface area contributed by atoms with Crippen molar-refractivity contribution in [3.63, 3.8) is 0 Å². The minimum atomic E-state index is -0.481. The minimum Gasteiger partial charge on any atom is -0.380 e. The molecule has 1 aromatic heterocycles. The third-order valence-electron chi connectivity index (χ3n) is 15.8. The number of aromatic nitrogens is 2. The monoisotopic (exact) mass is 872 g/mol. The van der Waals surface area contributed by atoms with E-state index in [0.29, 0.717) is 47.5 Å². The number of hydrogen-bond acceptors (Lipinski definition) is 9. The molecule has 3 saturated heterocycles. The first-order valence-electron chi connectivity index (χ1n) is 24.4. The van der Waals surface area contributed by atoms with Gasteiger partial charge in [0, 0.05) is 102 Å². The molecule has 2 atom stereocenters. The lowest BCUT2D eigenvalue weighted by Crippen LogP contribution is -2.71. The highest BCUT2D eigenvalue weighted by atomic mass is 19.1. The quantitative estimate of drug-likeness (QED) is 0.147. The van der Waals surface area contributed by atoms with Crippen molar-refractivity contribution in [2.24, 2.45) is 11.3 Å². The van der Waals surface area contributed by atoms with Gasteiger partial charge in [-0.3, -0.25) is 0 Å². The first kappa shape index (κ1) is 44.3. The molecule has 0 amide bonds. The average molecular weight is 872 g/mol. The minimum absolute atomic E-state index is 0.0684. The number of benzene rings is 2. The number of likely N-dealkylation sites (tertiary alicyclic amines) is 1. The Bertz CT molecular complexity index is 2250. The van der Waals surface area contributed by atoms with Crippen molar-refractivity contribution in [2.75, 3.05) is 59.8 Å². The fraction of sp³-hybridized carbons (Fsp3) is 0.547. The Hall–Kier alpha value is -4.90. The lowest BCUT2D eigenvalue weighted by atomic mass is 9.52. The van der Waals surface area contributed by atoms with Gasteiger partial charge < -0.3 is 35.6 Å². The van der Waals surface area contributed by atoms with E-state index in [1.165, 1.54) is 56.2 Å². The predicted octanol–water partition coefficient (Wildman–Crippen LogP) is 11.2. The van der Waals surface area contributed by atoms with E-state index in [0.717, 1.165) is 111 Å². The van der Waals surface area contributed by atoms with E-state index in [9.17, 15) is 0 Å². The molecular weight excluding hydrogens is 801 g/mol. The Morgan fingerprint density at radius 2 is 1.67 bits per heavy atom. The summed E-state index contributed by atoms with van der Waals surface area (Å²) >= 11 is 0. The molecule has 11 heteroatoms. The number of piperidine rings is 2. The van der Waals surface area contributed by atoms with Crippen molar-refractivity contribution in [1.29, 1.82) is 0 Å². The van der Waals surface area contributed by atoms with Gasteiger partial charge >= 0.3 is 0 Å². The van der Waals surface area contributed by atoms with Gasteiger partial charge in [0.15, 0.2) is 5.82 Å². The van der Waals surface area contributed by atoms with E-state index in [1.807, 2.05) is 6.20 Å². The Balaban J connectivity index is 0.780. The summed E-state index contributed by atoms with van der Waals surface area (Å²) in [6, 6.07) is 10.4. The predicted molar refractivity (Wildman–Crippen MR) is 260 cm³/mol. The molecule has 342 valence electrons. The van der Waals surface area contributed by atoms with Crippen molar-refractivity contribution in [3.05, 3.63) is 108 Å². The normalized spacial score (nSPS) is 23.5. The smallest absolute Gasteiger partial charge is 0.229 e. The molecule has 2 saturated carbocycles. The summed E-state index contributed by atoms with van der Waals surface area (Å²) in [6.45, 7) is 28.8. The van der Waals surface area contributed by atoms with Gasteiger partial charge in [-0.1, -0.05) is 72.4 Å². The topological polar surface area (TPSA) is 74.8 Å². The van der Waals surface area contributed by atoms with E-state index in [2.05, 4.69) is 108 Å². The highest BCUT2D eigenvalue weighted by Crippen LogP contribution is 2.56. The Labute approximate surface area is 381 Å². The number of allylic oxidation sites excluding steroid dienone is 2. The number of likely N-dealkylation sites (N-methyl/N-ethyl adjacent to an activating group) is 1. The van der Waals surface area contributed by atoms with Crippen LogP contribution >= 0.6 is 0 Å². The second-order valence-corrected chi connectivity index (χ2v) is 20.3. The molecule has 0 radical (unpaired) electrons. The summed E-state index contributed by atoms with van der Waals surface area (Å²) in [6.07, 6.45) is 16.7. The molecule has 9 rings (SSSR count). The molecule has 4 aliphatic heterocycles. The van der Waals surface area contributed by atoms with Crippen LogP contribution < -0.4 is 30.7 Å². The van der Waals surface area contributed by atoms with Gasteiger partial charge in [-0.15, -0.1) is 0 Å². The van der Waals surface area contributed by atoms with E-state index < -0.39 is 11.6 Å². The van der Waals surface area contributed by atoms with Crippen LogP contribution in [0.3, 0.4) is 0 Å². The van der Waals surface area contributed by atoms with E-state index in [-0.39, 0.29) is 23.1 Å². The Kier molecular flexibility index (Phi) is 12.3. The van der Waals surface area contributed by atoms with Gasteiger partial charge in [-0.25, -0.2) is 13.8 Å². The molecule has 5 fully saturated rings. The van der Waals surface area contributed by atoms with Gasteiger partial charge in [-0.05, 0) is 112 Å². The summed E-state index contributed by atoms with van der Waals surface area (Å²) in [7, 11) is 2.09. The highest BCUT2D eigenvalue weighted by Gasteiger charge is 2.59. The largest absolute Gasteiger partial charge is 0.380 e. The first-order valence-corrected chi connectivity index (χ1v) is 24.4. The Morgan fingerprint density at radius 1 is 0.953 bits per heavy atom. The van der Waals surface area contributed by atoms with Crippen LogP contribution in [0.25, 0.3) is 5.70 Å². The van der Waals surface area contributed by atoms with Crippen LogP contribution in [0.5, 0.6) is 0 Å². The van der Waals surface area contributed by atoms with Crippen LogP contribution in [0.2, 0.25) is 0 Å². The van der Waals surface area contributed by atoms with Crippen LogP contribution in [0.4, 0.5) is 37.6 Å². The van der Waals surface area contributed by atoms with Crippen LogP contribution in [-0.2, 0) is 6.42 Å². The number of hydrogen-bond donors (Lipinski definition) is 3. The third kappa shape index (κ3) is 8.42. The summed E-state index contributed by atoms with van der Waals surface area (Å²) in [5.41, 5.74) is 9.17. The molecule has 6 aliphatic rings. The zero-order valence-electron chi connectivity index (χ0n) is 39.0. The lowest BCUT2D eigenvalue weighted by Gasteiger charge is -2.65. The van der Waals surface area contributed by atoms with Gasteiger partial charge in [-0.2, -0.15) is 4.98 Å². The van der Waals surface area contributed by atoms with Crippen molar-refractivity contribution in [3.8, 4) is 0 Å². The van der Waals surface area contributed by atoms with Crippen molar-refractivity contribution in [1.82, 2.24) is 25.5 Å². The molecule has 0 bridgehead atoms. The van der Waals surface area contributed by atoms with Crippen molar-refractivity contribution < 1.29 is 8.78 Å². The maximum Gasteiger partial charge on any atom is 0.229 e. The van der Waals surface area contributed by atoms with E-state index in [1.54, 1.807) is 0 Å². The second-order valence-electron chi connectivity index (χ2n) is 20.3. The Morgan fingerprint density at radius 3 is 2.33 bits per heavy atom. The van der Waals surface area contributed by atoms with Gasteiger partial charge in [0.1, 0.15) is 17.3 Å². The molecule has 2 aromatic carbocycles. The standard InChI is InChI=1S/C53H71F2N9/c1-9-22-53(30-52(31-53)32-62(33-52)29-38-20-23-63(24-21-38)42-26-44(54)49(45(55)27-42)43-18-16-34(4)57-36(43)6)60-35(5)40-17-19-46(39(10-2)25-40)58-51-56-28-48-50(59-51)64(41-14-12-13-15-41)47(11-3)37(7)61(48)8/h17,19,25-28,38,41,43,47,57,60H,4-7,9-16,18,20-24,29-33H2,1-3,8H3,(H,56,58,59). The summed E-state index contributed by atoms with van der Waals surface area (Å²) in [5.74, 6) is 0.886. The van der Waals surface area contributed by atoms with E-state index in [4.69, 9.17) is 9.97 Å². The van der Waals surface area contributed by atoms with Gasteiger partial charge in [0.05, 0.1) is 12.2 Å². The first-order chi connectivity index (χ1) is 30.8. The molecular formula is C53H71F2N9. The number of anilines is 5. The zero-order chi connectivity index (χ0) is 44.9. The number of fused-ring (bicyclic) bond motifs is 1. The summed E-state index contributed by atoms with van der Waals surface area (Å²) in [4.78, 5) is 19.5. The van der Waals surface area contributed by atoms with Crippen molar-refractivity contribution >= 4 is 34.5 Å². The SMILES string of the molecule is C=C1CCC(c2c(F)cc(N3CCC(CN4CC5(C4)CC(CCC)(NC(=C)c4ccc(Nc6ncc7c(n6)N(C6CCCC6)C(CC)C(=C)N7C)c(CC)c4)C5)CC3)cc2F)C(=C)N1. The third-order valence-corrected chi connectivity index (χ3v) is 15.8. The zero-order valence-corrected chi connectivity index (χ0v) is 39.0. The van der Waals surface area contributed by atoms with Gasteiger partial charge in [0.25, 0.3) is 0 Å². The second kappa shape index (κ2) is 17.8. The molecule has 9 nitrogen and oxygen atoms in total. The number of nitrogens with one attached hydrogen (secondary N) is 3. The molecule has 5 heterocycles. The average Bonchev–Trinajstić information content (AvgIpc) is 3.79. The number of rotatable bonds is 14. The summed E-state index contributed by atoms with van der Waals surface area (Å²) < 4.78 is 30.9. The lowest BCUT2D eigenvalue weighted by molar-refractivity contribution is -0.120. The fourth-order valence-electron chi connectivity index (χ4n) is 12.7. The number of aryl methyl sites for hydroxylation is 1. The molecule has 2 aliphatic carbocycles. The molecule has 3 N–H and O–H groups in total. The molecule has 64 heavy (non-hydrogen) atoms.